The average Bonchev–Trinajstić information content (AvgIpc) is 0.795. The SMILES string of the molecule is CN1CCN(c2cc(I)c(NC(=O)C(C)(C)C)cn2)CC1.CN1CCN(c2ccc(NC(=O)C(C)(C)C)cn2)CC1.CN1CCN(c2ccc([N+](=O)[O-])cn2)CC1.CN1CCNCC1.Cc1ncccc1-c1cc(N2CCN(C)CC2)ncc1NC(=O)C(C)(C)C.Cc1ncccc1B(O)O.II.O=[N+]([O-])c1ccc(Cl)nc1. The highest BCUT2D eigenvalue weighted by atomic mass is 128. The minimum absolute atomic E-state index is 0.00615. The zero-order valence-electron chi connectivity index (χ0n) is 68.0. The number of nitrogens with zero attached hydrogens (tertiary/aromatic N) is 18. The Kier molecular flexibility index (Phi) is 40.6. The summed E-state index contributed by atoms with van der Waals surface area (Å²) in [6.45, 7) is 41.6. The number of aromatic nitrogens is 7. The second kappa shape index (κ2) is 47.6. The molecule has 5 saturated heterocycles. The summed E-state index contributed by atoms with van der Waals surface area (Å²) in [5.41, 5.74) is 5.00. The summed E-state index contributed by atoms with van der Waals surface area (Å²) in [6, 6.07) is 21.2. The fourth-order valence-corrected chi connectivity index (χ4v) is 11.5. The van der Waals surface area contributed by atoms with Gasteiger partial charge in [-0.2, -0.15) is 0 Å². The van der Waals surface area contributed by atoms with E-state index in [9.17, 15) is 34.6 Å². The van der Waals surface area contributed by atoms with Gasteiger partial charge in [0.2, 0.25) is 17.7 Å². The van der Waals surface area contributed by atoms with E-state index in [1.54, 1.807) is 56.1 Å². The summed E-state index contributed by atoms with van der Waals surface area (Å²) >= 11 is 11.9. The molecule has 12 rings (SSSR count). The number of anilines is 7. The summed E-state index contributed by atoms with van der Waals surface area (Å²) in [6.07, 6.45) is 11.1. The van der Waals surface area contributed by atoms with Crippen LogP contribution < -0.4 is 46.3 Å². The van der Waals surface area contributed by atoms with E-state index < -0.39 is 33.2 Å². The molecule has 7 aromatic rings. The molecule has 0 unspecified atom stereocenters. The van der Waals surface area contributed by atoms with Gasteiger partial charge in [-0.05, 0) is 120 Å². The predicted octanol–water partition coefficient (Wildman–Crippen LogP) is 10.2. The van der Waals surface area contributed by atoms with Crippen molar-refractivity contribution >= 4 is 153 Å². The Hall–Kier alpha value is -7.32. The fourth-order valence-electron chi connectivity index (χ4n) is 10.8. The lowest BCUT2D eigenvalue weighted by Crippen LogP contribution is -2.44. The van der Waals surface area contributed by atoms with Crippen LogP contribution in [0.3, 0.4) is 0 Å². The number of hydrogen-bond acceptors (Lipinski definition) is 26. The van der Waals surface area contributed by atoms with Crippen molar-refractivity contribution in [2.45, 2.75) is 76.2 Å². The number of rotatable bonds is 11. The standard InChI is InChI=1S/C21H29N5O.C15H23IN4O.C15H24N4O.C10H14N4O2.C6H8BNO2.C5H3ClN2O2.C5H12N2.I2/c1-15-16(7-6-8-22-15)17-13-19(26-11-9-25(5)10-12-26)23-14-18(17)24-20(27)21(2,3)4;1-15(2,3)14(21)18-12-10-17-13(9-11(12)16)20-7-5-19(4)6-8-20;1-15(2,3)14(20)17-12-5-6-13(16-11-12)19-9-7-18(4)8-10-19;1-12-4-6-13(7-5-12)10-3-2-9(8-11-10)14(15)16;1-5-6(7(9)10)3-2-4-8-5;6-5-2-1-4(3-7-5)8(9)10;1-7-4-2-6-3-5-7;1-2/h6-8,13-14H,9-12H2,1-5H3,(H,24,27);9-10H,5-8H2,1-4H3,(H,18,21);5-6,11H,7-10H2,1-4H3,(H,17,20);2-3,8H,4-7H2,1H3;2-4,9-10H,1H3;1-3H;6H,2-5H2,1H3;. The number of pyridine rings is 7. The van der Waals surface area contributed by atoms with Crippen molar-refractivity contribution in [2.24, 2.45) is 16.2 Å². The second-order valence-corrected chi connectivity index (χ2v) is 32.3. The lowest BCUT2D eigenvalue weighted by atomic mass is 9.79. The Morgan fingerprint density at radius 3 is 1.19 bits per heavy atom. The van der Waals surface area contributed by atoms with Gasteiger partial charge in [0.25, 0.3) is 11.4 Å². The first-order valence-corrected chi connectivity index (χ1v) is 45.0. The number of carbonyl (C=O) groups excluding carboxylic acids is 3. The molecule has 36 heteroatoms. The van der Waals surface area contributed by atoms with E-state index in [1.165, 1.54) is 37.5 Å². The van der Waals surface area contributed by atoms with Gasteiger partial charge in [-0.3, -0.25) is 44.6 Å². The summed E-state index contributed by atoms with van der Waals surface area (Å²) in [7, 11) is 9.24. The van der Waals surface area contributed by atoms with E-state index in [0.29, 0.717) is 11.2 Å². The summed E-state index contributed by atoms with van der Waals surface area (Å²) in [5, 5.41) is 50.4. The molecule has 0 aromatic carbocycles. The number of likely N-dealkylation sites (N-methyl/N-ethyl adjacent to an activating group) is 5. The van der Waals surface area contributed by atoms with Crippen LogP contribution in [-0.4, -0.2) is 270 Å². The molecule has 7 aromatic heterocycles. The molecule has 6 N–H and O–H groups in total. The van der Waals surface area contributed by atoms with Crippen LogP contribution in [0.5, 0.6) is 0 Å². The molecule has 31 nitrogen and oxygen atoms in total. The lowest BCUT2D eigenvalue weighted by Gasteiger charge is -2.33. The molecule has 0 bridgehead atoms. The van der Waals surface area contributed by atoms with Gasteiger partial charge in [0.05, 0.1) is 45.5 Å². The van der Waals surface area contributed by atoms with Crippen molar-refractivity contribution in [1.82, 2.24) is 64.7 Å². The first-order valence-electron chi connectivity index (χ1n) is 37.3. The molecule has 5 fully saturated rings. The lowest BCUT2D eigenvalue weighted by molar-refractivity contribution is -0.385. The van der Waals surface area contributed by atoms with Crippen LogP contribution in [0, 0.1) is 53.9 Å². The first kappa shape index (κ1) is 96.3. The van der Waals surface area contributed by atoms with Crippen molar-refractivity contribution in [2.75, 3.05) is 202 Å². The highest BCUT2D eigenvalue weighted by molar-refractivity contribution is 15.0. The molecule has 0 saturated carbocycles. The Labute approximate surface area is 708 Å². The van der Waals surface area contributed by atoms with Crippen LogP contribution >= 0.6 is 71.4 Å². The zero-order valence-corrected chi connectivity index (χ0v) is 75.2. The number of nitrogens with one attached hydrogen (secondary N) is 4. The maximum absolute atomic E-state index is 12.6. The minimum Gasteiger partial charge on any atom is -0.423 e. The number of piperazine rings is 5. The van der Waals surface area contributed by atoms with Gasteiger partial charge in [-0.1, -0.05) is 86.0 Å². The number of amides is 3. The van der Waals surface area contributed by atoms with Crippen molar-refractivity contribution < 1.29 is 34.3 Å². The molecule has 0 spiro atoms. The Balaban J connectivity index is 0.000000243. The molecular weight excluding hydrogens is 1800 g/mol. The van der Waals surface area contributed by atoms with Gasteiger partial charge in [-0.25, -0.2) is 24.9 Å². The smallest absolute Gasteiger partial charge is 0.423 e. The summed E-state index contributed by atoms with van der Waals surface area (Å²) in [5.74, 6) is 3.71. The van der Waals surface area contributed by atoms with Crippen LogP contribution in [-0.2, 0) is 14.4 Å². The molecule has 0 radical (unpaired) electrons. The van der Waals surface area contributed by atoms with Crippen molar-refractivity contribution in [3.63, 3.8) is 0 Å². The number of nitro groups is 2. The van der Waals surface area contributed by atoms with Crippen molar-refractivity contribution in [1.29, 1.82) is 0 Å². The maximum atomic E-state index is 12.6. The highest BCUT2D eigenvalue weighted by Crippen LogP contribution is 2.34. The van der Waals surface area contributed by atoms with Crippen molar-refractivity contribution in [3.8, 4) is 11.1 Å². The minimum atomic E-state index is -1.41. The van der Waals surface area contributed by atoms with Gasteiger partial charge in [-0.15, -0.1) is 0 Å². The third-order valence-corrected chi connectivity index (χ3v) is 19.5. The van der Waals surface area contributed by atoms with Crippen LogP contribution in [0.4, 0.5) is 51.7 Å². The zero-order chi connectivity index (χ0) is 83.8. The Morgan fingerprint density at radius 1 is 0.460 bits per heavy atom. The number of carbonyl (C=O) groups is 3. The average molecular weight is 1920 g/mol. The van der Waals surface area contributed by atoms with E-state index in [0.717, 1.165) is 185 Å². The number of aryl methyl sites for hydroxylation is 2. The molecule has 0 aliphatic carbocycles. The quantitative estimate of drug-likeness (QED) is 0.0230. The van der Waals surface area contributed by atoms with E-state index in [2.05, 4.69) is 201 Å². The maximum Gasteiger partial charge on any atom is 0.490 e. The van der Waals surface area contributed by atoms with Crippen LogP contribution in [0.1, 0.15) is 73.7 Å². The van der Waals surface area contributed by atoms with Gasteiger partial charge >= 0.3 is 7.12 Å². The third-order valence-electron chi connectivity index (χ3n) is 18.4. The topological polar surface area (TPSA) is 345 Å². The number of hydrogen-bond donors (Lipinski definition) is 6. The first-order chi connectivity index (χ1) is 53.4. The van der Waals surface area contributed by atoms with Gasteiger partial charge < -0.3 is 75.4 Å². The highest BCUT2D eigenvalue weighted by Gasteiger charge is 2.27. The van der Waals surface area contributed by atoms with E-state index in [-0.39, 0.29) is 34.2 Å². The van der Waals surface area contributed by atoms with Crippen LogP contribution in [0.2, 0.25) is 5.15 Å². The fraction of sp³-hybridized carbons (Fsp3) is 0.506. The molecule has 0 atom stereocenters. The Morgan fingerprint density at radius 2 is 0.832 bits per heavy atom. The monoisotopic (exact) mass is 1920 g/mol. The van der Waals surface area contributed by atoms with Gasteiger partial charge in [0.15, 0.2) is 0 Å². The molecular formula is C77H113BClI3N22O9. The summed E-state index contributed by atoms with van der Waals surface area (Å²) in [4.78, 5) is 106. The summed E-state index contributed by atoms with van der Waals surface area (Å²) < 4.78 is 1.02. The molecule has 5 aliphatic heterocycles. The van der Waals surface area contributed by atoms with Crippen LogP contribution in [0.15, 0.2) is 116 Å². The Bertz CT molecular complexity index is 4080. The number of halogens is 4. The van der Waals surface area contributed by atoms with E-state index >= 15 is 0 Å². The molecule has 616 valence electrons. The largest absolute Gasteiger partial charge is 0.490 e. The molecule has 3 amide bonds. The van der Waals surface area contributed by atoms with E-state index in [4.69, 9.17) is 21.6 Å². The van der Waals surface area contributed by atoms with E-state index in [1.807, 2.05) is 99.6 Å². The predicted molar refractivity (Wildman–Crippen MR) is 480 cm³/mol. The van der Waals surface area contributed by atoms with Crippen molar-refractivity contribution in [3.05, 3.63) is 157 Å². The molecule has 12 heterocycles. The molecule has 5 aliphatic rings. The van der Waals surface area contributed by atoms with Gasteiger partial charge in [0.1, 0.15) is 40.8 Å². The molecule has 113 heavy (non-hydrogen) atoms. The normalized spacial score (nSPS) is 15.7. The second-order valence-electron chi connectivity index (χ2n) is 30.8. The van der Waals surface area contributed by atoms with Crippen LogP contribution in [0.25, 0.3) is 11.1 Å². The third kappa shape index (κ3) is 33.8. The van der Waals surface area contributed by atoms with Gasteiger partial charge in [0, 0.05) is 240 Å².